The van der Waals surface area contributed by atoms with Gasteiger partial charge in [0.15, 0.2) is 0 Å². The van der Waals surface area contributed by atoms with Crippen LogP contribution in [0.1, 0.15) is 29.3 Å². The summed E-state index contributed by atoms with van der Waals surface area (Å²) in [6.45, 7) is 2.93. The first-order valence-corrected chi connectivity index (χ1v) is 7.63. The molecule has 1 fully saturated rings. The van der Waals surface area contributed by atoms with Crippen LogP contribution in [0, 0.1) is 5.92 Å². The molecular weight excluding hydrogens is 306 g/mol. The van der Waals surface area contributed by atoms with Gasteiger partial charge in [-0.3, -0.25) is 4.79 Å². The van der Waals surface area contributed by atoms with Crippen LogP contribution >= 0.6 is 15.9 Å². The molecule has 2 aliphatic rings. The molecule has 3 atom stereocenters. The lowest BCUT2D eigenvalue weighted by molar-refractivity contribution is -0.117. The molecule has 102 valence electrons. The minimum atomic E-state index is 0.177. The van der Waals surface area contributed by atoms with Crippen molar-refractivity contribution in [2.75, 3.05) is 18.6 Å². The number of hydrogen-bond acceptors (Lipinski definition) is 2. The summed E-state index contributed by atoms with van der Waals surface area (Å²) in [6.07, 6.45) is 1.97. The number of likely N-dealkylation sites (N-methyl/N-ethyl adjacent to an activating group) is 1. The molecule has 19 heavy (non-hydrogen) atoms. The number of carbonyl (C=O) groups excluding carboxylic acids is 1. The maximum atomic E-state index is 11.7. The number of amides is 1. The Kier molecular flexibility index (Phi) is 3.39. The lowest BCUT2D eigenvalue weighted by Crippen LogP contribution is -2.20. The standard InChI is InChI=1S/C15H18BrNO2/c1-9-5-12(8-19-9)15(16)10-3-4-13-11(6-10)7-14(18)17(13)2/h3-4,6,9,12,15H,5,7-8H2,1-2H3. The molecule has 3 nitrogen and oxygen atoms in total. The number of rotatable bonds is 2. The van der Waals surface area contributed by atoms with Crippen molar-refractivity contribution >= 4 is 27.5 Å². The Morgan fingerprint density at radius 3 is 2.95 bits per heavy atom. The van der Waals surface area contributed by atoms with Crippen LogP contribution in [0.3, 0.4) is 0 Å². The number of nitrogens with zero attached hydrogens (tertiary/aromatic N) is 1. The highest BCUT2D eigenvalue weighted by Gasteiger charge is 2.30. The van der Waals surface area contributed by atoms with Crippen LogP contribution in [-0.2, 0) is 16.0 Å². The minimum Gasteiger partial charge on any atom is -0.378 e. The summed E-state index contributed by atoms with van der Waals surface area (Å²) >= 11 is 3.80. The van der Waals surface area contributed by atoms with Crippen LogP contribution in [0.15, 0.2) is 18.2 Å². The van der Waals surface area contributed by atoms with Crippen LogP contribution in [0.2, 0.25) is 0 Å². The van der Waals surface area contributed by atoms with Crippen molar-refractivity contribution in [3.63, 3.8) is 0 Å². The summed E-state index contributed by atoms with van der Waals surface area (Å²) in [5.74, 6) is 0.693. The third-order valence-corrected chi connectivity index (χ3v) is 5.42. The molecule has 1 aromatic carbocycles. The van der Waals surface area contributed by atoms with E-state index in [0.29, 0.717) is 23.3 Å². The molecule has 0 aromatic heterocycles. The van der Waals surface area contributed by atoms with E-state index >= 15 is 0 Å². The Labute approximate surface area is 122 Å². The summed E-state index contributed by atoms with van der Waals surface area (Å²) in [4.78, 5) is 13.8. The topological polar surface area (TPSA) is 29.5 Å². The first kappa shape index (κ1) is 13.1. The number of halogens is 1. The van der Waals surface area contributed by atoms with Gasteiger partial charge in [0.05, 0.1) is 19.1 Å². The fraction of sp³-hybridized carbons (Fsp3) is 0.533. The molecule has 0 aliphatic carbocycles. The van der Waals surface area contributed by atoms with E-state index in [2.05, 4.69) is 41.1 Å². The number of ether oxygens (including phenoxy) is 1. The van der Waals surface area contributed by atoms with E-state index in [1.807, 2.05) is 7.05 Å². The van der Waals surface area contributed by atoms with Crippen molar-refractivity contribution in [2.24, 2.45) is 5.92 Å². The molecule has 1 saturated heterocycles. The highest BCUT2D eigenvalue weighted by atomic mass is 79.9. The predicted octanol–water partition coefficient (Wildman–Crippen LogP) is 3.07. The number of alkyl halides is 1. The first-order valence-electron chi connectivity index (χ1n) is 6.71. The number of hydrogen-bond donors (Lipinski definition) is 0. The summed E-state index contributed by atoms with van der Waals surface area (Å²) in [5.41, 5.74) is 3.44. The van der Waals surface area contributed by atoms with Crippen LogP contribution < -0.4 is 4.90 Å². The maximum Gasteiger partial charge on any atom is 0.231 e. The number of carbonyl (C=O) groups is 1. The van der Waals surface area contributed by atoms with Crippen molar-refractivity contribution < 1.29 is 9.53 Å². The summed E-state index contributed by atoms with van der Waals surface area (Å²) < 4.78 is 5.64. The maximum absolute atomic E-state index is 11.7. The van der Waals surface area contributed by atoms with E-state index in [1.165, 1.54) is 5.56 Å². The van der Waals surface area contributed by atoms with E-state index in [9.17, 15) is 4.79 Å². The molecule has 0 saturated carbocycles. The summed E-state index contributed by atoms with van der Waals surface area (Å²) in [6, 6.07) is 6.35. The van der Waals surface area contributed by atoms with E-state index in [0.717, 1.165) is 24.3 Å². The van der Waals surface area contributed by atoms with Gasteiger partial charge in [0.1, 0.15) is 0 Å². The van der Waals surface area contributed by atoms with E-state index in [4.69, 9.17) is 4.74 Å². The second-order valence-electron chi connectivity index (χ2n) is 5.56. The Morgan fingerprint density at radius 1 is 1.47 bits per heavy atom. The van der Waals surface area contributed by atoms with Gasteiger partial charge in [-0.25, -0.2) is 0 Å². The molecule has 1 amide bonds. The molecule has 0 N–H and O–H groups in total. The van der Waals surface area contributed by atoms with Crippen molar-refractivity contribution in [3.05, 3.63) is 29.3 Å². The minimum absolute atomic E-state index is 0.177. The van der Waals surface area contributed by atoms with E-state index < -0.39 is 0 Å². The molecular formula is C15H18BrNO2. The smallest absolute Gasteiger partial charge is 0.231 e. The second-order valence-corrected chi connectivity index (χ2v) is 6.55. The Hall–Kier alpha value is -0.870. The van der Waals surface area contributed by atoms with Crippen molar-refractivity contribution in [1.82, 2.24) is 0 Å². The molecule has 0 radical (unpaired) electrons. The second kappa shape index (κ2) is 4.91. The lowest BCUT2D eigenvalue weighted by atomic mass is 9.95. The molecule has 3 unspecified atom stereocenters. The highest BCUT2D eigenvalue weighted by molar-refractivity contribution is 9.09. The third kappa shape index (κ3) is 2.32. The fourth-order valence-corrected chi connectivity index (χ4v) is 3.64. The van der Waals surface area contributed by atoms with Gasteiger partial charge in [-0.15, -0.1) is 0 Å². The Balaban J connectivity index is 1.83. The lowest BCUT2D eigenvalue weighted by Gasteiger charge is -2.18. The average Bonchev–Trinajstić information content (AvgIpc) is 2.94. The first-order chi connectivity index (χ1) is 9.06. The molecule has 2 heterocycles. The van der Waals surface area contributed by atoms with Crippen molar-refractivity contribution in [3.8, 4) is 0 Å². The summed E-state index contributed by atoms with van der Waals surface area (Å²) in [5, 5.41) is 0. The van der Waals surface area contributed by atoms with Gasteiger partial charge < -0.3 is 9.64 Å². The van der Waals surface area contributed by atoms with Gasteiger partial charge >= 0.3 is 0 Å². The quantitative estimate of drug-likeness (QED) is 0.783. The monoisotopic (exact) mass is 323 g/mol. The average molecular weight is 324 g/mol. The van der Waals surface area contributed by atoms with Gasteiger partial charge in [-0.1, -0.05) is 28.1 Å². The van der Waals surface area contributed by atoms with Crippen LogP contribution in [0.4, 0.5) is 5.69 Å². The van der Waals surface area contributed by atoms with E-state index in [-0.39, 0.29) is 5.91 Å². The van der Waals surface area contributed by atoms with Crippen molar-refractivity contribution in [1.29, 1.82) is 0 Å². The molecule has 0 bridgehead atoms. The van der Waals surface area contributed by atoms with E-state index in [1.54, 1.807) is 4.90 Å². The predicted molar refractivity (Wildman–Crippen MR) is 78.7 cm³/mol. The number of benzene rings is 1. The molecule has 1 aromatic rings. The molecule has 2 aliphatic heterocycles. The number of anilines is 1. The summed E-state index contributed by atoms with van der Waals surface area (Å²) in [7, 11) is 1.84. The fourth-order valence-electron chi connectivity index (χ4n) is 2.99. The SMILES string of the molecule is CC1CC(C(Br)c2ccc3c(c2)CC(=O)N3C)CO1. The van der Waals surface area contributed by atoms with Gasteiger partial charge in [-0.2, -0.15) is 0 Å². The van der Waals surface area contributed by atoms with Crippen LogP contribution in [0.25, 0.3) is 0 Å². The van der Waals surface area contributed by atoms with Crippen LogP contribution in [0.5, 0.6) is 0 Å². The Morgan fingerprint density at radius 2 is 2.26 bits per heavy atom. The molecule has 0 spiro atoms. The zero-order chi connectivity index (χ0) is 13.6. The zero-order valence-corrected chi connectivity index (χ0v) is 12.8. The normalized spacial score (nSPS) is 27.7. The highest BCUT2D eigenvalue weighted by Crippen LogP contribution is 2.40. The molecule has 4 heteroatoms. The number of fused-ring (bicyclic) bond motifs is 1. The van der Waals surface area contributed by atoms with Gasteiger partial charge in [-0.05, 0) is 30.5 Å². The zero-order valence-electron chi connectivity index (χ0n) is 11.2. The third-order valence-electron chi connectivity index (χ3n) is 4.14. The van der Waals surface area contributed by atoms with Gasteiger partial charge in [0.25, 0.3) is 0 Å². The Bertz CT molecular complexity index is 517. The van der Waals surface area contributed by atoms with Crippen molar-refractivity contribution in [2.45, 2.75) is 30.7 Å². The molecule has 3 rings (SSSR count). The van der Waals surface area contributed by atoms with Gasteiger partial charge in [0.2, 0.25) is 5.91 Å². The van der Waals surface area contributed by atoms with Gasteiger partial charge in [0, 0.05) is 23.5 Å². The van der Waals surface area contributed by atoms with Crippen LogP contribution in [-0.4, -0.2) is 25.7 Å². The largest absolute Gasteiger partial charge is 0.378 e.